The summed E-state index contributed by atoms with van der Waals surface area (Å²) in [7, 11) is -0.313. The van der Waals surface area contributed by atoms with Gasteiger partial charge in [0.15, 0.2) is 5.78 Å². The van der Waals surface area contributed by atoms with Crippen LogP contribution in [0.1, 0.15) is 75.7 Å². The molecule has 0 N–H and O–H groups in total. The molecule has 4 rings (SSSR count). The number of Topliss-reactive ketones (excluding diaryl/α,β-unsaturated/α-hetero) is 1. The van der Waals surface area contributed by atoms with Crippen LogP contribution in [-0.4, -0.2) is 24.1 Å². The highest BCUT2D eigenvalue weighted by Gasteiger charge is 2.66. The number of benzene rings is 2. The molecule has 2 aromatic carbocycles. The lowest BCUT2D eigenvalue weighted by Gasteiger charge is -2.52. The van der Waals surface area contributed by atoms with Gasteiger partial charge in [0.1, 0.15) is 0 Å². The first-order chi connectivity index (χ1) is 14.2. The highest BCUT2D eigenvalue weighted by Crippen LogP contribution is 2.66. The minimum atomic E-state index is -0.381. The molecule has 2 fully saturated rings. The van der Waals surface area contributed by atoms with E-state index >= 15 is 0 Å². The Labute approximate surface area is 181 Å². The zero-order chi connectivity index (χ0) is 21.6. The zero-order valence-electron chi connectivity index (χ0n) is 18.9. The van der Waals surface area contributed by atoms with Gasteiger partial charge in [-0.3, -0.25) is 4.79 Å². The highest BCUT2D eigenvalue weighted by atomic mass is 16.7. The lowest BCUT2D eigenvalue weighted by Crippen LogP contribution is -2.51. The Hall–Kier alpha value is -1.91. The van der Waals surface area contributed by atoms with Crippen molar-refractivity contribution in [2.75, 3.05) is 0 Å². The summed E-state index contributed by atoms with van der Waals surface area (Å²) in [6, 6.07) is 20.3. The molecule has 158 valence electrons. The lowest BCUT2D eigenvalue weighted by atomic mass is 9.37. The Kier molecular flexibility index (Phi) is 5.44. The van der Waals surface area contributed by atoms with E-state index in [2.05, 4.69) is 65.0 Å². The highest BCUT2D eigenvalue weighted by molar-refractivity contribution is 6.50. The number of rotatable bonds is 6. The second-order valence-electron chi connectivity index (χ2n) is 10.0. The largest absolute Gasteiger partial charge is 0.465 e. The molecule has 1 heterocycles. The van der Waals surface area contributed by atoms with Gasteiger partial charge in [0.25, 0.3) is 0 Å². The first-order valence-corrected chi connectivity index (χ1v) is 11.2. The van der Waals surface area contributed by atoms with Crippen LogP contribution >= 0.6 is 0 Å². The van der Waals surface area contributed by atoms with Crippen molar-refractivity contribution in [2.24, 2.45) is 5.92 Å². The van der Waals surface area contributed by atoms with Gasteiger partial charge in [-0.2, -0.15) is 0 Å². The summed E-state index contributed by atoms with van der Waals surface area (Å²) in [6.07, 6.45) is 2.58. The normalized spacial score (nSPS) is 28.0. The average Bonchev–Trinajstić information content (AvgIpc) is 2.92. The predicted molar refractivity (Wildman–Crippen MR) is 122 cm³/mol. The molecule has 3 nitrogen and oxygen atoms in total. The van der Waals surface area contributed by atoms with Crippen LogP contribution < -0.4 is 0 Å². The first-order valence-electron chi connectivity index (χ1n) is 11.2. The van der Waals surface area contributed by atoms with E-state index in [-0.39, 0.29) is 41.3 Å². The quantitative estimate of drug-likeness (QED) is 0.418. The van der Waals surface area contributed by atoms with Gasteiger partial charge >= 0.3 is 7.12 Å². The summed E-state index contributed by atoms with van der Waals surface area (Å²) >= 11 is 0. The maximum atomic E-state index is 13.2. The van der Waals surface area contributed by atoms with Gasteiger partial charge in [0.2, 0.25) is 0 Å². The van der Waals surface area contributed by atoms with E-state index in [0.29, 0.717) is 0 Å². The van der Waals surface area contributed by atoms with Gasteiger partial charge in [-0.25, -0.2) is 0 Å². The first kappa shape index (κ1) is 21.3. The molecule has 30 heavy (non-hydrogen) atoms. The Morgan fingerprint density at radius 3 is 1.93 bits per heavy atom. The molecule has 1 saturated carbocycles. The van der Waals surface area contributed by atoms with Crippen molar-refractivity contribution in [1.82, 2.24) is 0 Å². The number of ketones is 1. The summed E-state index contributed by atoms with van der Waals surface area (Å²) in [5.74, 6) is 0.545. The third-order valence-corrected chi connectivity index (χ3v) is 7.71. The maximum absolute atomic E-state index is 13.2. The van der Waals surface area contributed by atoms with Crippen molar-refractivity contribution in [1.29, 1.82) is 0 Å². The smallest absolute Gasteiger partial charge is 0.403 e. The topological polar surface area (TPSA) is 35.5 Å². The number of carbonyl (C=O) groups is 1. The van der Waals surface area contributed by atoms with E-state index in [9.17, 15) is 4.79 Å². The van der Waals surface area contributed by atoms with E-state index in [1.54, 1.807) is 0 Å². The van der Waals surface area contributed by atoms with Crippen molar-refractivity contribution in [3.8, 4) is 0 Å². The van der Waals surface area contributed by atoms with Crippen molar-refractivity contribution >= 4 is 12.9 Å². The Morgan fingerprint density at radius 2 is 1.43 bits per heavy atom. The van der Waals surface area contributed by atoms with Crippen molar-refractivity contribution in [3.05, 3.63) is 71.8 Å². The van der Waals surface area contributed by atoms with Crippen LogP contribution in [0.15, 0.2) is 60.7 Å². The van der Waals surface area contributed by atoms with Crippen LogP contribution in [0, 0.1) is 5.92 Å². The molecule has 0 bridgehead atoms. The summed E-state index contributed by atoms with van der Waals surface area (Å²) in [5, 5.41) is -0.198. The summed E-state index contributed by atoms with van der Waals surface area (Å²) < 4.78 is 13.2. The van der Waals surface area contributed by atoms with Crippen molar-refractivity contribution in [3.63, 3.8) is 0 Å². The van der Waals surface area contributed by atoms with Crippen LogP contribution in [0.2, 0.25) is 5.31 Å². The predicted octanol–water partition coefficient (Wildman–Crippen LogP) is 6.31. The third kappa shape index (κ3) is 3.44. The van der Waals surface area contributed by atoms with Crippen LogP contribution in [0.4, 0.5) is 0 Å². The van der Waals surface area contributed by atoms with Crippen LogP contribution in [0.3, 0.4) is 0 Å². The lowest BCUT2D eigenvalue weighted by molar-refractivity contribution is 0.00578. The van der Waals surface area contributed by atoms with Gasteiger partial charge in [0.05, 0.1) is 11.2 Å². The van der Waals surface area contributed by atoms with Gasteiger partial charge < -0.3 is 9.31 Å². The zero-order valence-corrected chi connectivity index (χ0v) is 18.9. The minimum absolute atomic E-state index is 0.0178. The maximum Gasteiger partial charge on any atom is 0.465 e. The molecule has 1 saturated heterocycles. The van der Waals surface area contributed by atoms with Gasteiger partial charge in [0, 0.05) is 16.8 Å². The third-order valence-electron chi connectivity index (χ3n) is 7.71. The molecule has 0 spiro atoms. The van der Waals surface area contributed by atoms with E-state index in [1.807, 2.05) is 30.3 Å². The van der Waals surface area contributed by atoms with Gasteiger partial charge in [-0.1, -0.05) is 67.6 Å². The monoisotopic (exact) mass is 404 g/mol. The summed E-state index contributed by atoms with van der Waals surface area (Å²) in [6.45, 7) is 10.7. The second-order valence-corrected chi connectivity index (χ2v) is 10.0. The summed E-state index contributed by atoms with van der Waals surface area (Å²) in [5.41, 5.74) is 1.35. The molecular formula is C26H33BO3. The fraction of sp³-hybridized carbons (Fsp3) is 0.500. The summed E-state index contributed by atoms with van der Waals surface area (Å²) in [4.78, 5) is 13.2. The molecule has 4 heteroatoms. The minimum Gasteiger partial charge on any atom is -0.403 e. The Morgan fingerprint density at radius 1 is 0.933 bits per heavy atom. The molecule has 2 aliphatic rings. The van der Waals surface area contributed by atoms with Gasteiger partial charge in [-0.15, -0.1) is 0 Å². The Balaban J connectivity index is 1.66. The molecule has 0 radical (unpaired) electrons. The molecular weight excluding hydrogens is 371 g/mol. The molecule has 1 atom stereocenters. The van der Waals surface area contributed by atoms with Crippen LogP contribution in [-0.2, 0) is 9.31 Å². The Bertz CT molecular complexity index is 869. The van der Waals surface area contributed by atoms with Crippen molar-refractivity contribution in [2.45, 2.75) is 76.3 Å². The second kappa shape index (κ2) is 7.65. The van der Waals surface area contributed by atoms with E-state index < -0.39 is 0 Å². The molecule has 0 amide bonds. The number of hydrogen-bond donors (Lipinski definition) is 0. The fourth-order valence-electron chi connectivity index (χ4n) is 5.26. The van der Waals surface area contributed by atoms with Crippen molar-refractivity contribution < 1.29 is 14.1 Å². The molecule has 0 unspecified atom stereocenters. The van der Waals surface area contributed by atoms with Gasteiger partial charge in [-0.05, 0) is 58.4 Å². The standard InChI is InChI=1S/C26H33BO3/c1-6-22(19-13-9-7-10-14-19)26(27-29-24(2,3)25(4,5)30-27)17-21(18-26)23(28)20-15-11-8-12-16-20/h7-16,21-22H,6,17-18H2,1-5H3/t21?,22-,26?/m0/s1. The number of hydrogen-bond acceptors (Lipinski definition) is 3. The molecule has 0 aromatic heterocycles. The van der Waals surface area contributed by atoms with E-state index in [0.717, 1.165) is 24.8 Å². The average molecular weight is 404 g/mol. The number of carbonyl (C=O) groups excluding carboxylic acids is 1. The molecule has 1 aliphatic heterocycles. The van der Waals surface area contributed by atoms with E-state index in [1.165, 1.54) is 5.56 Å². The van der Waals surface area contributed by atoms with Crippen LogP contribution in [0.5, 0.6) is 0 Å². The molecule has 1 aliphatic carbocycles. The van der Waals surface area contributed by atoms with Crippen LogP contribution in [0.25, 0.3) is 0 Å². The SMILES string of the molecule is CC[C@@H](c1ccccc1)C1(B2OC(C)(C)C(C)(C)O2)CC(C(=O)c2ccccc2)C1. The molecule has 2 aromatic rings. The van der Waals surface area contributed by atoms with E-state index in [4.69, 9.17) is 9.31 Å². The fourth-order valence-corrected chi connectivity index (χ4v) is 5.26.